The molecule has 0 saturated heterocycles. The van der Waals surface area contributed by atoms with Gasteiger partial charge in [-0.3, -0.25) is 4.40 Å². The van der Waals surface area contributed by atoms with Gasteiger partial charge in [0.2, 0.25) is 0 Å². The van der Waals surface area contributed by atoms with Gasteiger partial charge in [-0.05, 0) is 18.2 Å². The van der Waals surface area contributed by atoms with Gasteiger partial charge in [-0.15, -0.1) is 0 Å². The topological polar surface area (TPSA) is 17.3 Å². The molecule has 0 saturated carbocycles. The molecule has 0 N–H and O–H groups in total. The fraction of sp³-hybridized carbons (Fsp3) is 0. The summed E-state index contributed by atoms with van der Waals surface area (Å²) in [7, 11) is 0. The Morgan fingerprint density at radius 1 is 1.14 bits per heavy atom. The van der Waals surface area contributed by atoms with E-state index in [0.717, 1.165) is 16.7 Å². The number of hydrogen-bond acceptors (Lipinski definition) is 1. The van der Waals surface area contributed by atoms with E-state index in [9.17, 15) is 0 Å². The smallest absolute Gasteiger partial charge is 0.139 e. The lowest BCUT2D eigenvalue weighted by Gasteiger charge is -1.94. The maximum atomic E-state index is 5.89. The van der Waals surface area contributed by atoms with Crippen molar-refractivity contribution in [2.45, 2.75) is 0 Å². The standard InChI is InChI=1S/C11H7ClN2/c12-8-5-6-14-10-4-2-1-3-9(10)13-11(14)7-8/h1-7H. The molecule has 3 rings (SSSR count). The number of imidazole rings is 1. The number of hydrogen-bond donors (Lipinski definition) is 0. The van der Waals surface area contributed by atoms with E-state index in [1.54, 1.807) is 0 Å². The van der Waals surface area contributed by atoms with Crippen molar-refractivity contribution in [3.8, 4) is 0 Å². The van der Waals surface area contributed by atoms with E-state index in [2.05, 4.69) is 4.98 Å². The lowest BCUT2D eigenvalue weighted by Crippen LogP contribution is -1.81. The summed E-state index contributed by atoms with van der Waals surface area (Å²) in [5, 5.41) is 0.716. The number of rotatable bonds is 0. The maximum Gasteiger partial charge on any atom is 0.139 e. The van der Waals surface area contributed by atoms with E-state index < -0.39 is 0 Å². The van der Waals surface area contributed by atoms with E-state index in [0.29, 0.717) is 5.02 Å². The molecule has 0 bridgehead atoms. The van der Waals surface area contributed by atoms with Crippen molar-refractivity contribution in [2.75, 3.05) is 0 Å². The molecule has 0 unspecified atom stereocenters. The lowest BCUT2D eigenvalue weighted by atomic mass is 10.3. The number of fused-ring (bicyclic) bond motifs is 3. The highest BCUT2D eigenvalue weighted by molar-refractivity contribution is 6.30. The summed E-state index contributed by atoms with van der Waals surface area (Å²) in [4.78, 5) is 4.45. The Balaban J connectivity index is 2.57. The summed E-state index contributed by atoms with van der Waals surface area (Å²) in [6.07, 6.45) is 1.94. The first-order valence-electron chi connectivity index (χ1n) is 4.37. The molecule has 0 radical (unpaired) electrons. The monoisotopic (exact) mass is 202 g/mol. The van der Waals surface area contributed by atoms with Gasteiger partial charge in [0.05, 0.1) is 11.0 Å². The minimum atomic E-state index is 0.716. The Hall–Kier alpha value is -1.54. The molecule has 2 heterocycles. The number of halogens is 1. The normalized spacial score (nSPS) is 11.2. The van der Waals surface area contributed by atoms with Gasteiger partial charge in [0, 0.05) is 17.3 Å². The largest absolute Gasteiger partial charge is 0.300 e. The minimum Gasteiger partial charge on any atom is -0.300 e. The van der Waals surface area contributed by atoms with Crippen LogP contribution in [-0.4, -0.2) is 9.38 Å². The Labute approximate surface area is 85.8 Å². The summed E-state index contributed by atoms with van der Waals surface area (Å²) in [6.45, 7) is 0. The van der Waals surface area contributed by atoms with Gasteiger partial charge < -0.3 is 0 Å². The van der Waals surface area contributed by atoms with E-state index in [1.165, 1.54) is 0 Å². The summed E-state index contributed by atoms with van der Waals surface area (Å²) >= 11 is 5.89. The third-order valence-electron chi connectivity index (χ3n) is 2.27. The van der Waals surface area contributed by atoms with Crippen LogP contribution in [0.3, 0.4) is 0 Å². The molecule has 0 aliphatic carbocycles. The SMILES string of the molecule is Clc1ccn2c(c1)nc1ccccc12. The average Bonchev–Trinajstić information content (AvgIpc) is 2.54. The molecule has 0 aliphatic heterocycles. The van der Waals surface area contributed by atoms with Crippen molar-refractivity contribution in [1.29, 1.82) is 0 Å². The molecule has 0 amide bonds. The molecule has 14 heavy (non-hydrogen) atoms. The highest BCUT2D eigenvalue weighted by Crippen LogP contribution is 2.18. The molecule has 0 aliphatic rings. The third-order valence-corrected chi connectivity index (χ3v) is 2.51. The molecule has 0 spiro atoms. The van der Waals surface area contributed by atoms with Crippen molar-refractivity contribution < 1.29 is 0 Å². The van der Waals surface area contributed by atoms with Crippen molar-refractivity contribution in [2.24, 2.45) is 0 Å². The van der Waals surface area contributed by atoms with Gasteiger partial charge >= 0.3 is 0 Å². The van der Waals surface area contributed by atoms with Crippen LogP contribution in [0.25, 0.3) is 16.7 Å². The Morgan fingerprint density at radius 3 is 2.93 bits per heavy atom. The molecule has 2 nitrogen and oxygen atoms in total. The van der Waals surface area contributed by atoms with Crippen LogP contribution < -0.4 is 0 Å². The molecular weight excluding hydrogens is 196 g/mol. The second kappa shape index (κ2) is 2.72. The molecule has 3 aromatic rings. The first kappa shape index (κ1) is 7.83. The van der Waals surface area contributed by atoms with Crippen molar-refractivity contribution >= 4 is 28.3 Å². The number of benzene rings is 1. The second-order valence-corrected chi connectivity index (χ2v) is 3.61. The van der Waals surface area contributed by atoms with Crippen LogP contribution in [0.15, 0.2) is 42.6 Å². The van der Waals surface area contributed by atoms with Crippen LogP contribution in [0, 0.1) is 0 Å². The quantitative estimate of drug-likeness (QED) is 0.548. The van der Waals surface area contributed by atoms with Crippen LogP contribution in [0.5, 0.6) is 0 Å². The minimum absolute atomic E-state index is 0.716. The molecule has 2 aromatic heterocycles. The van der Waals surface area contributed by atoms with Gasteiger partial charge in [0.1, 0.15) is 5.65 Å². The zero-order valence-electron chi connectivity index (χ0n) is 7.31. The molecule has 68 valence electrons. The molecule has 0 fully saturated rings. The van der Waals surface area contributed by atoms with Crippen LogP contribution in [0.2, 0.25) is 5.02 Å². The molecular formula is C11H7ClN2. The first-order chi connectivity index (χ1) is 6.84. The number of nitrogens with zero attached hydrogens (tertiary/aromatic N) is 2. The third kappa shape index (κ3) is 1.01. The van der Waals surface area contributed by atoms with E-state index in [1.807, 2.05) is 47.0 Å². The fourth-order valence-electron chi connectivity index (χ4n) is 1.64. The van der Waals surface area contributed by atoms with E-state index in [-0.39, 0.29) is 0 Å². The van der Waals surface area contributed by atoms with Crippen molar-refractivity contribution in [1.82, 2.24) is 9.38 Å². The van der Waals surface area contributed by atoms with E-state index >= 15 is 0 Å². The highest BCUT2D eigenvalue weighted by Gasteiger charge is 2.02. The summed E-state index contributed by atoms with van der Waals surface area (Å²) < 4.78 is 2.03. The Morgan fingerprint density at radius 2 is 2.00 bits per heavy atom. The Kier molecular flexibility index (Phi) is 1.52. The fourth-order valence-corrected chi connectivity index (χ4v) is 1.79. The van der Waals surface area contributed by atoms with Gasteiger partial charge in [-0.1, -0.05) is 23.7 Å². The predicted octanol–water partition coefficient (Wildman–Crippen LogP) is 3.14. The molecule has 1 aromatic carbocycles. The summed E-state index contributed by atoms with van der Waals surface area (Å²) in [5.41, 5.74) is 2.99. The van der Waals surface area contributed by atoms with Crippen molar-refractivity contribution in [3.63, 3.8) is 0 Å². The lowest BCUT2D eigenvalue weighted by molar-refractivity contribution is 1.23. The Bertz CT molecular complexity index is 613. The summed E-state index contributed by atoms with van der Waals surface area (Å²) in [5.74, 6) is 0. The summed E-state index contributed by atoms with van der Waals surface area (Å²) in [6, 6.07) is 11.8. The van der Waals surface area contributed by atoms with Crippen LogP contribution in [0.4, 0.5) is 0 Å². The first-order valence-corrected chi connectivity index (χ1v) is 4.75. The average molecular weight is 203 g/mol. The number of para-hydroxylation sites is 2. The van der Waals surface area contributed by atoms with Crippen LogP contribution >= 0.6 is 11.6 Å². The molecule has 3 heteroatoms. The van der Waals surface area contributed by atoms with Gasteiger partial charge in [0.25, 0.3) is 0 Å². The van der Waals surface area contributed by atoms with E-state index in [4.69, 9.17) is 11.6 Å². The van der Waals surface area contributed by atoms with Crippen LogP contribution in [0.1, 0.15) is 0 Å². The van der Waals surface area contributed by atoms with Gasteiger partial charge in [-0.2, -0.15) is 0 Å². The zero-order valence-corrected chi connectivity index (χ0v) is 8.07. The number of aromatic nitrogens is 2. The second-order valence-electron chi connectivity index (χ2n) is 3.17. The predicted molar refractivity (Wildman–Crippen MR) is 57.7 cm³/mol. The van der Waals surface area contributed by atoms with Gasteiger partial charge in [0.15, 0.2) is 0 Å². The van der Waals surface area contributed by atoms with Gasteiger partial charge in [-0.25, -0.2) is 4.98 Å². The molecule has 0 atom stereocenters. The zero-order chi connectivity index (χ0) is 9.54. The van der Waals surface area contributed by atoms with Crippen molar-refractivity contribution in [3.05, 3.63) is 47.6 Å². The number of pyridine rings is 1. The highest BCUT2D eigenvalue weighted by atomic mass is 35.5. The van der Waals surface area contributed by atoms with Crippen LogP contribution in [-0.2, 0) is 0 Å². The maximum absolute atomic E-state index is 5.89.